The molecule has 4 N–H and O–H groups in total. The summed E-state index contributed by atoms with van der Waals surface area (Å²) in [6, 6.07) is 19.7. The molecule has 5 rings (SSSR count). The van der Waals surface area contributed by atoms with E-state index < -0.39 is 6.04 Å². The van der Waals surface area contributed by atoms with Crippen LogP contribution in [0.15, 0.2) is 72.0 Å². The van der Waals surface area contributed by atoms with Crippen molar-refractivity contribution in [1.29, 1.82) is 0 Å². The van der Waals surface area contributed by atoms with Crippen LogP contribution >= 0.6 is 0 Å². The summed E-state index contributed by atoms with van der Waals surface area (Å²) in [6.07, 6.45) is 4.11. The van der Waals surface area contributed by atoms with Gasteiger partial charge in [-0.3, -0.25) is 4.79 Å². The summed E-state index contributed by atoms with van der Waals surface area (Å²) in [4.78, 5) is 15.9. The maximum Gasteiger partial charge on any atom is 0.258 e. The lowest BCUT2D eigenvalue weighted by atomic mass is 9.95. The maximum absolute atomic E-state index is 12.7. The zero-order chi connectivity index (χ0) is 21.2. The predicted octanol–water partition coefficient (Wildman–Crippen LogP) is 3.39. The van der Waals surface area contributed by atoms with Crippen LogP contribution in [0.3, 0.4) is 0 Å². The van der Waals surface area contributed by atoms with Gasteiger partial charge in [0.1, 0.15) is 11.8 Å². The van der Waals surface area contributed by atoms with Crippen LogP contribution in [0, 0.1) is 0 Å². The van der Waals surface area contributed by atoms with Crippen molar-refractivity contribution < 1.29 is 9.53 Å². The molecule has 0 bridgehead atoms. The molecule has 7 heteroatoms. The second-order valence-electron chi connectivity index (χ2n) is 7.56. The Bertz CT molecular complexity index is 1280. The summed E-state index contributed by atoms with van der Waals surface area (Å²) in [5.41, 5.74) is 12.0. The van der Waals surface area contributed by atoms with Gasteiger partial charge in [-0.05, 0) is 29.3 Å². The number of ether oxygens (including phenoxy) is 1. The molecule has 1 fully saturated rings. The van der Waals surface area contributed by atoms with Crippen LogP contribution in [-0.2, 0) is 4.79 Å². The van der Waals surface area contributed by atoms with Gasteiger partial charge in [-0.1, -0.05) is 48.5 Å². The Labute approximate surface area is 179 Å². The smallest absolute Gasteiger partial charge is 0.258 e. The quantitative estimate of drug-likeness (QED) is 0.298. The van der Waals surface area contributed by atoms with Gasteiger partial charge in [-0.2, -0.15) is 5.10 Å². The number of amides is 1. The van der Waals surface area contributed by atoms with E-state index in [9.17, 15) is 4.79 Å². The minimum absolute atomic E-state index is 0.0607. The third-order valence-corrected chi connectivity index (χ3v) is 5.72. The molecule has 3 aromatic carbocycles. The highest BCUT2D eigenvalue weighted by Crippen LogP contribution is 2.36. The molecule has 31 heavy (non-hydrogen) atoms. The van der Waals surface area contributed by atoms with Crippen LogP contribution in [0.1, 0.15) is 23.6 Å². The van der Waals surface area contributed by atoms with Crippen LogP contribution in [0.25, 0.3) is 21.7 Å². The van der Waals surface area contributed by atoms with Crippen molar-refractivity contribution in [3.63, 3.8) is 0 Å². The van der Waals surface area contributed by atoms with Crippen molar-refractivity contribution in [3.05, 3.63) is 78.0 Å². The SMILES string of the molecule is COc1ccc2ccccc2c1C1CC(C(=O)N/N=C/c2c[nH]c3ccccc23)NN1. The lowest BCUT2D eigenvalue weighted by Crippen LogP contribution is -2.41. The average molecular weight is 413 g/mol. The zero-order valence-corrected chi connectivity index (χ0v) is 17.1. The molecule has 2 heterocycles. The molecule has 1 aliphatic rings. The second kappa shape index (κ2) is 8.22. The number of carbonyl (C=O) groups excluding carboxylic acids is 1. The summed E-state index contributed by atoms with van der Waals surface area (Å²) < 4.78 is 5.61. The molecular weight excluding hydrogens is 390 g/mol. The van der Waals surface area contributed by atoms with Crippen molar-refractivity contribution >= 4 is 33.8 Å². The number of para-hydroxylation sites is 1. The predicted molar refractivity (Wildman–Crippen MR) is 122 cm³/mol. The number of hydrazine groups is 1. The Morgan fingerprint density at radius 2 is 1.87 bits per heavy atom. The standard InChI is InChI=1S/C24H23N5O2/c1-31-22-11-10-15-6-2-3-8-18(15)23(22)20-12-21(28-27-20)24(30)29-26-14-16-13-25-19-9-5-4-7-17(16)19/h2-11,13-14,20-21,25,27-28H,12H2,1H3,(H,29,30)/b26-14+. The minimum Gasteiger partial charge on any atom is -0.496 e. The number of rotatable bonds is 5. The topological polar surface area (TPSA) is 90.5 Å². The zero-order valence-electron chi connectivity index (χ0n) is 17.1. The number of hydrazone groups is 1. The van der Waals surface area contributed by atoms with Crippen molar-refractivity contribution in [1.82, 2.24) is 21.3 Å². The van der Waals surface area contributed by atoms with Gasteiger partial charge in [0, 0.05) is 28.2 Å². The number of nitrogens with one attached hydrogen (secondary N) is 4. The monoisotopic (exact) mass is 413 g/mol. The maximum atomic E-state index is 12.7. The van der Waals surface area contributed by atoms with Gasteiger partial charge in [0.2, 0.25) is 0 Å². The van der Waals surface area contributed by atoms with E-state index in [0.717, 1.165) is 38.6 Å². The highest BCUT2D eigenvalue weighted by Gasteiger charge is 2.32. The number of methoxy groups -OCH3 is 1. The number of aromatic nitrogens is 1. The van der Waals surface area contributed by atoms with E-state index in [1.807, 2.05) is 54.7 Å². The fourth-order valence-electron chi connectivity index (χ4n) is 4.17. The van der Waals surface area contributed by atoms with Crippen molar-refractivity contribution in [2.75, 3.05) is 7.11 Å². The molecule has 2 unspecified atom stereocenters. The molecule has 0 radical (unpaired) electrons. The van der Waals surface area contributed by atoms with Crippen molar-refractivity contribution in [2.24, 2.45) is 5.10 Å². The molecule has 7 nitrogen and oxygen atoms in total. The van der Waals surface area contributed by atoms with E-state index in [1.165, 1.54) is 0 Å². The first-order valence-corrected chi connectivity index (χ1v) is 10.2. The number of fused-ring (bicyclic) bond motifs is 2. The van der Waals surface area contributed by atoms with E-state index in [4.69, 9.17) is 4.74 Å². The molecule has 1 aromatic heterocycles. The fourth-order valence-corrected chi connectivity index (χ4v) is 4.17. The van der Waals surface area contributed by atoms with E-state index >= 15 is 0 Å². The number of H-pyrrole nitrogens is 1. The van der Waals surface area contributed by atoms with Crippen LogP contribution in [-0.4, -0.2) is 30.3 Å². The normalized spacial score (nSPS) is 18.7. The second-order valence-corrected chi connectivity index (χ2v) is 7.56. The minimum atomic E-state index is -0.409. The first-order valence-electron chi connectivity index (χ1n) is 10.2. The number of carbonyl (C=O) groups is 1. The number of benzene rings is 3. The fraction of sp³-hybridized carbons (Fsp3) is 0.167. The molecule has 1 amide bonds. The summed E-state index contributed by atoms with van der Waals surface area (Å²) in [7, 11) is 1.67. The van der Waals surface area contributed by atoms with Gasteiger partial charge >= 0.3 is 0 Å². The summed E-state index contributed by atoms with van der Waals surface area (Å²) in [5, 5.41) is 7.46. The van der Waals surface area contributed by atoms with Gasteiger partial charge in [0.05, 0.1) is 19.4 Å². The summed E-state index contributed by atoms with van der Waals surface area (Å²) in [5.74, 6) is 0.613. The number of nitrogens with zero attached hydrogens (tertiary/aromatic N) is 1. The Kier molecular flexibility index (Phi) is 5.11. The Hall–Kier alpha value is -3.68. The van der Waals surface area contributed by atoms with Crippen LogP contribution in [0.2, 0.25) is 0 Å². The van der Waals surface area contributed by atoms with Crippen LogP contribution < -0.4 is 21.0 Å². The van der Waals surface area contributed by atoms with E-state index in [-0.39, 0.29) is 11.9 Å². The van der Waals surface area contributed by atoms with E-state index in [2.05, 4.69) is 38.5 Å². The molecule has 4 aromatic rings. The first-order chi connectivity index (χ1) is 15.2. The van der Waals surface area contributed by atoms with E-state index in [1.54, 1.807) is 13.3 Å². The molecule has 1 aliphatic heterocycles. The summed E-state index contributed by atoms with van der Waals surface area (Å²) in [6.45, 7) is 0. The van der Waals surface area contributed by atoms with Gasteiger partial charge in [-0.15, -0.1) is 0 Å². The molecule has 0 aliphatic carbocycles. The average Bonchev–Trinajstić information content (AvgIpc) is 3.46. The van der Waals surface area contributed by atoms with Gasteiger partial charge in [0.15, 0.2) is 0 Å². The van der Waals surface area contributed by atoms with Crippen molar-refractivity contribution in [3.8, 4) is 5.75 Å². The largest absolute Gasteiger partial charge is 0.496 e. The van der Waals surface area contributed by atoms with Crippen molar-refractivity contribution in [2.45, 2.75) is 18.5 Å². The molecule has 2 atom stereocenters. The lowest BCUT2D eigenvalue weighted by Gasteiger charge is -2.17. The first kappa shape index (κ1) is 19.3. The number of hydrogen-bond donors (Lipinski definition) is 4. The van der Waals surface area contributed by atoms with E-state index in [0.29, 0.717) is 6.42 Å². The van der Waals surface area contributed by atoms with Crippen LogP contribution in [0.4, 0.5) is 0 Å². The van der Waals surface area contributed by atoms with Crippen LogP contribution in [0.5, 0.6) is 5.75 Å². The Morgan fingerprint density at radius 1 is 1.06 bits per heavy atom. The van der Waals surface area contributed by atoms with Gasteiger partial charge in [0.25, 0.3) is 5.91 Å². The Morgan fingerprint density at radius 3 is 2.74 bits per heavy atom. The third kappa shape index (κ3) is 3.65. The number of aromatic amines is 1. The highest BCUT2D eigenvalue weighted by molar-refractivity contribution is 5.99. The summed E-state index contributed by atoms with van der Waals surface area (Å²) >= 11 is 0. The molecule has 156 valence electrons. The molecule has 0 spiro atoms. The Balaban J connectivity index is 1.30. The molecule has 1 saturated heterocycles. The highest BCUT2D eigenvalue weighted by atomic mass is 16.5. The molecular formula is C24H23N5O2. The molecule has 0 saturated carbocycles. The van der Waals surface area contributed by atoms with Gasteiger partial charge < -0.3 is 9.72 Å². The lowest BCUT2D eigenvalue weighted by molar-refractivity contribution is -0.122. The van der Waals surface area contributed by atoms with Gasteiger partial charge in [-0.25, -0.2) is 16.3 Å². The number of hydrogen-bond acceptors (Lipinski definition) is 5. The third-order valence-electron chi connectivity index (χ3n) is 5.72.